The van der Waals surface area contributed by atoms with Crippen LogP contribution in [-0.4, -0.2) is 43.3 Å². The summed E-state index contributed by atoms with van der Waals surface area (Å²) in [7, 11) is -0.752. The smallest absolute Gasteiger partial charge is 0.257 e. The summed E-state index contributed by atoms with van der Waals surface area (Å²) in [6.45, 7) is 4.33. The fraction of sp³-hybridized carbons (Fsp3) is 0.250. The van der Waals surface area contributed by atoms with Crippen molar-refractivity contribution in [3.63, 3.8) is 0 Å². The molecule has 0 saturated heterocycles. The quantitative estimate of drug-likeness (QED) is 0.452. The molecule has 0 saturated carbocycles. The Balaban J connectivity index is 1.60. The van der Waals surface area contributed by atoms with Crippen LogP contribution in [0.3, 0.4) is 0 Å². The summed E-state index contributed by atoms with van der Waals surface area (Å²) in [5, 5.41) is 2.44. The van der Waals surface area contributed by atoms with Crippen LogP contribution < -0.4 is 19.8 Å². The van der Waals surface area contributed by atoms with Crippen molar-refractivity contribution in [2.24, 2.45) is 0 Å². The first-order chi connectivity index (χ1) is 14.5. The molecule has 2 unspecified atom stereocenters. The fourth-order valence-corrected chi connectivity index (χ4v) is 6.90. The SMILES string of the molecule is CO[Si](C)(COc1ccc(OC[Si](C)(OC)c2ccccc2)cc1)c1ccccc1. The highest BCUT2D eigenvalue weighted by atomic mass is 28.4. The van der Waals surface area contributed by atoms with E-state index < -0.39 is 16.6 Å². The zero-order valence-electron chi connectivity index (χ0n) is 18.1. The second kappa shape index (κ2) is 10.1. The molecule has 0 aromatic heterocycles. The van der Waals surface area contributed by atoms with E-state index in [1.807, 2.05) is 60.7 Å². The van der Waals surface area contributed by atoms with Gasteiger partial charge in [-0.1, -0.05) is 60.7 Å². The lowest BCUT2D eigenvalue weighted by Gasteiger charge is -2.26. The van der Waals surface area contributed by atoms with Crippen molar-refractivity contribution in [2.45, 2.75) is 13.1 Å². The molecule has 3 aromatic carbocycles. The highest BCUT2D eigenvalue weighted by molar-refractivity contribution is 6.85. The van der Waals surface area contributed by atoms with Gasteiger partial charge in [0, 0.05) is 14.2 Å². The van der Waals surface area contributed by atoms with E-state index >= 15 is 0 Å². The molecule has 6 heteroatoms. The molecule has 0 aliphatic rings. The van der Waals surface area contributed by atoms with Gasteiger partial charge in [-0.05, 0) is 47.7 Å². The van der Waals surface area contributed by atoms with E-state index in [1.165, 1.54) is 10.4 Å². The minimum absolute atomic E-state index is 0.552. The fourth-order valence-electron chi connectivity index (χ4n) is 3.18. The Kier molecular flexibility index (Phi) is 7.50. The third kappa shape index (κ3) is 5.40. The summed E-state index contributed by atoms with van der Waals surface area (Å²) in [6.07, 6.45) is 1.10. The maximum atomic E-state index is 6.07. The van der Waals surface area contributed by atoms with Gasteiger partial charge in [-0.2, -0.15) is 0 Å². The average Bonchev–Trinajstić information content (AvgIpc) is 2.82. The van der Waals surface area contributed by atoms with Crippen molar-refractivity contribution < 1.29 is 18.3 Å². The van der Waals surface area contributed by atoms with Crippen LogP contribution >= 0.6 is 0 Å². The van der Waals surface area contributed by atoms with E-state index in [9.17, 15) is 0 Å². The van der Waals surface area contributed by atoms with Gasteiger partial charge in [-0.15, -0.1) is 0 Å². The van der Waals surface area contributed by atoms with Gasteiger partial charge in [0.2, 0.25) is 0 Å². The standard InChI is InChI=1S/C24H30O4Si2/c1-25-29(3,23-11-7-5-8-12-23)19-27-21-15-17-22(18-16-21)28-20-30(4,26-2)24-13-9-6-10-14-24/h5-18H,19-20H2,1-4H3. The third-order valence-corrected chi connectivity index (χ3v) is 11.8. The van der Waals surface area contributed by atoms with E-state index in [0.29, 0.717) is 12.5 Å². The number of benzene rings is 3. The summed E-state index contributed by atoms with van der Waals surface area (Å²) in [5.41, 5.74) is 0. The van der Waals surface area contributed by atoms with Gasteiger partial charge in [0.15, 0.2) is 0 Å². The predicted molar refractivity (Wildman–Crippen MR) is 127 cm³/mol. The molecule has 2 atom stereocenters. The molecule has 0 spiro atoms. The Morgan fingerprint density at radius 1 is 0.533 bits per heavy atom. The predicted octanol–water partition coefficient (Wildman–Crippen LogP) is 3.78. The van der Waals surface area contributed by atoms with Gasteiger partial charge in [0.1, 0.15) is 24.0 Å². The van der Waals surface area contributed by atoms with Crippen molar-refractivity contribution in [1.82, 2.24) is 0 Å². The van der Waals surface area contributed by atoms with Gasteiger partial charge in [-0.3, -0.25) is 0 Å². The molecule has 0 bridgehead atoms. The van der Waals surface area contributed by atoms with E-state index in [0.717, 1.165) is 11.5 Å². The summed E-state index contributed by atoms with van der Waals surface area (Å²) >= 11 is 0. The highest BCUT2D eigenvalue weighted by Crippen LogP contribution is 2.20. The average molecular weight is 439 g/mol. The third-order valence-electron chi connectivity index (χ3n) is 5.52. The minimum Gasteiger partial charge on any atom is -0.494 e. The number of rotatable bonds is 10. The molecule has 0 radical (unpaired) electrons. The van der Waals surface area contributed by atoms with E-state index in [2.05, 4.69) is 37.4 Å². The summed E-state index contributed by atoms with van der Waals surface area (Å²) in [4.78, 5) is 0. The van der Waals surface area contributed by atoms with Crippen LogP contribution in [0.5, 0.6) is 11.5 Å². The lowest BCUT2D eigenvalue weighted by Crippen LogP contribution is -2.52. The van der Waals surface area contributed by atoms with Crippen molar-refractivity contribution in [3.8, 4) is 11.5 Å². The van der Waals surface area contributed by atoms with Gasteiger partial charge in [0.05, 0.1) is 0 Å². The van der Waals surface area contributed by atoms with Crippen LogP contribution in [0, 0.1) is 0 Å². The van der Waals surface area contributed by atoms with Crippen LogP contribution in [-0.2, 0) is 8.85 Å². The summed E-state index contributed by atoms with van der Waals surface area (Å²) in [5.74, 6) is 1.62. The molecule has 0 amide bonds. The number of hydrogen-bond acceptors (Lipinski definition) is 4. The monoisotopic (exact) mass is 438 g/mol. The maximum Gasteiger partial charge on any atom is 0.257 e. The van der Waals surface area contributed by atoms with Crippen LogP contribution in [0.4, 0.5) is 0 Å². The Hall–Kier alpha value is -2.39. The summed E-state index contributed by atoms with van der Waals surface area (Å²) in [6, 6.07) is 28.4. The molecule has 158 valence electrons. The van der Waals surface area contributed by atoms with Crippen molar-refractivity contribution in [2.75, 3.05) is 26.7 Å². The van der Waals surface area contributed by atoms with E-state index in [-0.39, 0.29) is 0 Å². The molecule has 0 fully saturated rings. The topological polar surface area (TPSA) is 36.9 Å². The first-order valence-corrected chi connectivity index (χ1v) is 15.3. The Labute approximate surface area is 181 Å². The van der Waals surface area contributed by atoms with E-state index in [4.69, 9.17) is 18.3 Å². The minimum atomic E-state index is -2.14. The molecule has 0 heterocycles. The van der Waals surface area contributed by atoms with Crippen molar-refractivity contribution in [1.29, 1.82) is 0 Å². The first-order valence-electron chi connectivity index (χ1n) is 10.1. The Bertz CT molecular complexity index is 829. The lowest BCUT2D eigenvalue weighted by molar-refractivity contribution is 0.318. The van der Waals surface area contributed by atoms with Crippen molar-refractivity contribution >= 4 is 27.0 Å². The largest absolute Gasteiger partial charge is 0.494 e. The second-order valence-corrected chi connectivity index (χ2v) is 15.1. The normalized spacial score (nSPS) is 15.1. The molecule has 3 rings (SSSR count). The molecule has 3 aromatic rings. The molecule has 0 aliphatic carbocycles. The van der Waals surface area contributed by atoms with Crippen LogP contribution in [0.25, 0.3) is 0 Å². The molecular formula is C24H30O4Si2. The highest BCUT2D eigenvalue weighted by Gasteiger charge is 2.32. The zero-order chi connectivity index (χ0) is 21.5. The molecule has 4 nitrogen and oxygen atoms in total. The van der Waals surface area contributed by atoms with Crippen LogP contribution in [0.2, 0.25) is 13.1 Å². The van der Waals surface area contributed by atoms with Gasteiger partial charge < -0.3 is 18.3 Å². The van der Waals surface area contributed by atoms with E-state index in [1.54, 1.807) is 14.2 Å². The van der Waals surface area contributed by atoms with Crippen molar-refractivity contribution in [3.05, 3.63) is 84.9 Å². The Morgan fingerprint density at radius 3 is 1.17 bits per heavy atom. The Morgan fingerprint density at radius 2 is 0.867 bits per heavy atom. The zero-order valence-corrected chi connectivity index (χ0v) is 20.1. The number of ether oxygens (including phenoxy) is 2. The van der Waals surface area contributed by atoms with Crippen LogP contribution in [0.15, 0.2) is 84.9 Å². The molecule has 30 heavy (non-hydrogen) atoms. The summed E-state index contributed by atoms with van der Waals surface area (Å²) < 4.78 is 23.9. The molecule has 0 N–H and O–H groups in total. The van der Waals surface area contributed by atoms with Gasteiger partial charge >= 0.3 is 0 Å². The van der Waals surface area contributed by atoms with Gasteiger partial charge in [0.25, 0.3) is 16.6 Å². The first kappa shape index (κ1) is 22.3. The molecular weight excluding hydrogens is 408 g/mol. The molecule has 0 aliphatic heterocycles. The van der Waals surface area contributed by atoms with Gasteiger partial charge in [-0.25, -0.2) is 0 Å². The second-order valence-electron chi connectivity index (χ2n) is 7.65. The maximum absolute atomic E-state index is 6.07. The number of hydrogen-bond donors (Lipinski definition) is 0. The van der Waals surface area contributed by atoms with Crippen LogP contribution in [0.1, 0.15) is 0 Å². The lowest BCUT2D eigenvalue weighted by atomic mass is 10.3.